The van der Waals surface area contributed by atoms with Crippen molar-refractivity contribution in [3.8, 4) is 0 Å². The standard InChI is InChI=1S/C17H18N4O3S/c1-4-12-19-20-17(25-12)18-14(22)13(9(2)3)21-15(23)10-7-5-6-8-11(10)16(21)24/h5-9,13H,4H2,1-3H3,(H,18,20,22)/t13-/m1/s1. The van der Waals surface area contributed by atoms with Crippen molar-refractivity contribution in [2.45, 2.75) is 33.2 Å². The number of aromatic nitrogens is 2. The Bertz CT molecular complexity index is 811. The Morgan fingerprint density at radius 2 is 1.76 bits per heavy atom. The minimum absolute atomic E-state index is 0.249. The fourth-order valence-corrected chi connectivity index (χ4v) is 3.49. The van der Waals surface area contributed by atoms with Crippen LogP contribution in [-0.4, -0.2) is 38.9 Å². The van der Waals surface area contributed by atoms with E-state index in [-0.39, 0.29) is 5.92 Å². The quantitative estimate of drug-likeness (QED) is 0.828. The van der Waals surface area contributed by atoms with E-state index >= 15 is 0 Å². The van der Waals surface area contributed by atoms with Crippen molar-refractivity contribution in [2.24, 2.45) is 5.92 Å². The summed E-state index contributed by atoms with van der Waals surface area (Å²) >= 11 is 1.28. The SMILES string of the molecule is CCc1nnc(NC(=O)[C@@H](C(C)C)N2C(=O)c3ccccc3C2=O)s1. The number of hydrogen-bond acceptors (Lipinski definition) is 6. The number of amides is 3. The summed E-state index contributed by atoms with van der Waals surface area (Å²) in [5, 5.41) is 11.7. The Morgan fingerprint density at radius 3 is 2.24 bits per heavy atom. The molecule has 8 heteroatoms. The number of nitrogens with one attached hydrogen (secondary N) is 1. The highest BCUT2D eigenvalue weighted by atomic mass is 32.1. The molecule has 0 saturated carbocycles. The van der Waals surface area contributed by atoms with Crippen LogP contribution in [0, 0.1) is 5.92 Å². The second-order valence-corrected chi connectivity index (χ2v) is 7.12. The highest BCUT2D eigenvalue weighted by molar-refractivity contribution is 7.15. The smallest absolute Gasteiger partial charge is 0.262 e. The molecule has 0 aliphatic carbocycles. The topological polar surface area (TPSA) is 92.3 Å². The average molecular weight is 358 g/mol. The molecule has 1 N–H and O–H groups in total. The Balaban J connectivity index is 1.88. The zero-order valence-electron chi connectivity index (χ0n) is 14.1. The molecule has 0 radical (unpaired) electrons. The summed E-state index contributed by atoms with van der Waals surface area (Å²) in [6.45, 7) is 5.54. The van der Waals surface area contributed by atoms with Crippen molar-refractivity contribution >= 4 is 34.2 Å². The lowest BCUT2D eigenvalue weighted by molar-refractivity contribution is -0.121. The van der Waals surface area contributed by atoms with Crippen LogP contribution in [0.2, 0.25) is 0 Å². The molecule has 0 spiro atoms. The van der Waals surface area contributed by atoms with Crippen LogP contribution in [0.15, 0.2) is 24.3 Å². The van der Waals surface area contributed by atoms with Gasteiger partial charge in [-0.1, -0.05) is 44.2 Å². The summed E-state index contributed by atoms with van der Waals surface area (Å²) in [4.78, 5) is 39.1. The summed E-state index contributed by atoms with van der Waals surface area (Å²) in [6.07, 6.45) is 0.722. The van der Waals surface area contributed by atoms with Gasteiger partial charge in [0.15, 0.2) is 0 Å². The molecular weight excluding hydrogens is 340 g/mol. The number of carbonyl (C=O) groups excluding carboxylic acids is 3. The minimum atomic E-state index is -0.915. The van der Waals surface area contributed by atoms with Gasteiger partial charge in [0.1, 0.15) is 11.0 Å². The van der Waals surface area contributed by atoms with Crippen LogP contribution >= 0.6 is 11.3 Å². The zero-order valence-corrected chi connectivity index (χ0v) is 15.0. The molecule has 1 atom stereocenters. The van der Waals surface area contributed by atoms with Gasteiger partial charge < -0.3 is 0 Å². The Kier molecular flexibility index (Phi) is 4.63. The minimum Gasteiger partial charge on any atom is -0.299 e. The number of fused-ring (bicyclic) bond motifs is 1. The van der Waals surface area contributed by atoms with E-state index in [2.05, 4.69) is 15.5 Å². The van der Waals surface area contributed by atoms with Crippen molar-refractivity contribution < 1.29 is 14.4 Å². The van der Waals surface area contributed by atoms with Gasteiger partial charge in [0.05, 0.1) is 11.1 Å². The molecule has 1 aromatic carbocycles. The van der Waals surface area contributed by atoms with Crippen molar-refractivity contribution in [2.75, 3.05) is 5.32 Å². The highest BCUT2D eigenvalue weighted by Gasteiger charge is 2.44. The van der Waals surface area contributed by atoms with E-state index in [0.29, 0.717) is 16.3 Å². The molecule has 25 heavy (non-hydrogen) atoms. The number of aryl methyl sites for hydroxylation is 1. The first kappa shape index (κ1) is 17.2. The van der Waals surface area contributed by atoms with Gasteiger partial charge in [0, 0.05) is 0 Å². The Hall–Kier alpha value is -2.61. The summed E-state index contributed by atoms with van der Waals surface area (Å²) in [5.74, 6) is -1.58. The van der Waals surface area contributed by atoms with Gasteiger partial charge in [0.25, 0.3) is 11.8 Å². The van der Waals surface area contributed by atoms with E-state index in [1.54, 1.807) is 38.1 Å². The summed E-state index contributed by atoms with van der Waals surface area (Å²) < 4.78 is 0. The summed E-state index contributed by atoms with van der Waals surface area (Å²) in [7, 11) is 0. The van der Waals surface area contributed by atoms with Gasteiger partial charge in [-0.15, -0.1) is 10.2 Å². The van der Waals surface area contributed by atoms with Crippen LogP contribution in [0.3, 0.4) is 0 Å². The maximum Gasteiger partial charge on any atom is 0.262 e. The molecule has 1 aliphatic heterocycles. The third-order valence-corrected chi connectivity index (χ3v) is 4.99. The van der Waals surface area contributed by atoms with E-state index in [1.165, 1.54) is 11.3 Å². The van der Waals surface area contributed by atoms with E-state index in [9.17, 15) is 14.4 Å². The number of nitrogens with zero attached hydrogens (tertiary/aromatic N) is 3. The van der Waals surface area contributed by atoms with Crippen LogP contribution in [0.1, 0.15) is 46.5 Å². The third-order valence-electron chi connectivity index (χ3n) is 4.00. The summed E-state index contributed by atoms with van der Waals surface area (Å²) in [5.41, 5.74) is 0.658. The van der Waals surface area contributed by atoms with Crippen LogP contribution in [0.4, 0.5) is 5.13 Å². The highest BCUT2D eigenvalue weighted by Crippen LogP contribution is 2.28. The number of rotatable bonds is 5. The van der Waals surface area contributed by atoms with Crippen molar-refractivity contribution in [3.63, 3.8) is 0 Å². The molecule has 0 unspecified atom stereocenters. The van der Waals surface area contributed by atoms with E-state index in [4.69, 9.17) is 0 Å². The van der Waals surface area contributed by atoms with Crippen molar-refractivity contribution in [1.82, 2.24) is 15.1 Å². The number of hydrogen-bond donors (Lipinski definition) is 1. The largest absolute Gasteiger partial charge is 0.299 e. The first-order valence-corrected chi connectivity index (χ1v) is 8.85. The van der Waals surface area contributed by atoms with Crippen LogP contribution in [-0.2, 0) is 11.2 Å². The first-order valence-electron chi connectivity index (χ1n) is 8.04. The monoisotopic (exact) mass is 358 g/mol. The molecule has 7 nitrogen and oxygen atoms in total. The maximum absolute atomic E-state index is 12.8. The lowest BCUT2D eigenvalue weighted by Crippen LogP contribution is -2.50. The summed E-state index contributed by atoms with van der Waals surface area (Å²) in [6, 6.07) is 5.69. The molecule has 2 heterocycles. The van der Waals surface area contributed by atoms with Gasteiger partial charge in [0.2, 0.25) is 11.0 Å². The third kappa shape index (κ3) is 3.05. The molecule has 0 fully saturated rings. The molecule has 3 amide bonds. The number of imide groups is 1. The molecule has 2 aromatic rings. The zero-order chi connectivity index (χ0) is 18.1. The Morgan fingerprint density at radius 1 is 1.16 bits per heavy atom. The second kappa shape index (κ2) is 6.72. The number of anilines is 1. The lowest BCUT2D eigenvalue weighted by atomic mass is 10.0. The van der Waals surface area contributed by atoms with Crippen LogP contribution < -0.4 is 5.32 Å². The predicted molar refractivity (Wildman–Crippen MR) is 93.5 cm³/mol. The fraction of sp³-hybridized carbons (Fsp3) is 0.353. The lowest BCUT2D eigenvalue weighted by Gasteiger charge is -2.27. The normalized spacial score (nSPS) is 14.8. The Labute approximate surface area is 149 Å². The van der Waals surface area contributed by atoms with Gasteiger partial charge in [-0.25, -0.2) is 0 Å². The van der Waals surface area contributed by atoms with Crippen LogP contribution in [0.25, 0.3) is 0 Å². The fourth-order valence-electron chi connectivity index (χ4n) is 2.80. The molecular formula is C17H18N4O3S. The van der Waals surface area contributed by atoms with E-state index in [0.717, 1.165) is 16.3 Å². The van der Waals surface area contributed by atoms with Crippen LogP contribution in [0.5, 0.6) is 0 Å². The number of benzene rings is 1. The molecule has 0 saturated heterocycles. The molecule has 130 valence electrons. The molecule has 1 aromatic heterocycles. The van der Waals surface area contributed by atoms with Gasteiger partial charge >= 0.3 is 0 Å². The second-order valence-electron chi connectivity index (χ2n) is 6.06. The van der Waals surface area contributed by atoms with Crippen molar-refractivity contribution in [3.05, 3.63) is 40.4 Å². The molecule has 1 aliphatic rings. The van der Waals surface area contributed by atoms with E-state index < -0.39 is 23.8 Å². The van der Waals surface area contributed by atoms with Gasteiger partial charge in [-0.3, -0.25) is 24.6 Å². The maximum atomic E-state index is 12.8. The first-order chi connectivity index (χ1) is 11.9. The molecule has 3 rings (SSSR count). The predicted octanol–water partition coefficient (Wildman–Crippen LogP) is 2.36. The van der Waals surface area contributed by atoms with Crippen molar-refractivity contribution in [1.29, 1.82) is 0 Å². The van der Waals surface area contributed by atoms with Gasteiger partial charge in [-0.2, -0.15) is 0 Å². The number of carbonyl (C=O) groups is 3. The molecule has 0 bridgehead atoms. The average Bonchev–Trinajstić information content (AvgIpc) is 3.13. The van der Waals surface area contributed by atoms with E-state index in [1.807, 2.05) is 6.92 Å². The van der Waals surface area contributed by atoms with Gasteiger partial charge in [-0.05, 0) is 24.5 Å².